The van der Waals surface area contributed by atoms with E-state index < -0.39 is 28.0 Å². The number of benzene rings is 1. The Labute approximate surface area is 97.3 Å². The summed E-state index contributed by atoms with van der Waals surface area (Å²) in [5.74, 6) is 0. The summed E-state index contributed by atoms with van der Waals surface area (Å²) in [7, 11) is -3.80. The first-order chi connectivity index (χ1) is 7.61. The molecule has 1 rings (SSSR count). The highest BCUT2D eigenvalue weighted by Crippen LogP contribution is 2.35. The van der Waals surface area contributed by atoms with Crippen LogP contribution in [-0.4, -0.2) is 14.7 Å². The summed E-state index contributed by atoms with van der Waals surface area (Å²) in [5.41, 5.74) is -1.10. The first-order valence-corrected chi connectivity index (χ1v) is 6.47. The summed E-state index contributed by atoms with van der Waals surface area (Å²) < 4.78 is 64.2. The normalized spacial score (nSPS) is 14.6. The van der Waals surface area contributed by atoms with Crippen molar-refractivity contribution in [1.82, 2.24) is 0 Å². The van der Waals surface area contributed by atoms with Gasteiger partial charge < -0.3 is 0 Å². The molecule has 0 saturated carbocycles. The minimum atomic E-state index is -4.54. The summed E-state index contributed by atoms with van der Waals surface area (Å²) in [6, 6.07) is 4.71. The van der Waals surface area contributed by atoms with Crippen LogP contribution in [0.3, 0.4) is 0 Å². The molecule has 0 aromatic heterocycles. The predicted octanol–water partition coefficient (Wildman–Crippen LogP) is 2.74. The average Bonchev–Trinajstić information content (AvgIpc) is 2.13. The number of rotatable bonds is 3. The standard InChI is InChI=1S/C10H11F3O3S/c1-7(16-17(2,14)15)8-5-3-4-6-9(8)10(11,12)13/h3-7H,1-2H3/t7-/m1/s1. The zero-order chi connectivity index (χ0) is 13.3. The molecule has 96 valence electrons. The number of hydrogen-bond acceptors (Lipinski definition) is 3. The molecule has 0 radical (unpaired) electrons. The molecule has 0 heterocycles. The van der Waals surface area contributed by atoms with Gasteiger partial charge in [-0.1, -0.05) is 18.2 Å². The molecule has 0 aliphatic rings. The molecule has 1 atom stereocenters. The maximum absolute atomic E-state index is 12.6. The molecule has 0 amide bonds. The highest BCUT2D eigenvalue weighted by Gasteiger charge is 2.34. The van der Waals surface area contributed by atoms with Crippen molar-refractivity contribution >= 4 is 10.1 Å². The van der Waals surface area contributed by atoms with Crippen molar-refractivity contribution < 1.29 is 25.8 Å². The zero-order valence-corrected chi connectivity index (χ0v) is 9.97. The van der Waals surface area contributed by atoms with Crippen LogP contribution < -0.4 is 0 Å². The van der Waals surface area contributed by atoms with Gasteiger partial charge in [-0.25, -0.2) is 0 Å². The summed E-state index contributed by atoms with van der Waals surface area (Å²) in [6.07, 6.45) is -4.92. The molecule has 17 heavy (non-hydrogen) atoms. The van der Waals surface area contributed by atoms with E-state index in [-0.39, 0.29) is 5.56 Å². The molecule has 1 aromatic carbocycles. The molecule has 3 nitrogen and oxygen atoms in total. The van der Waals surface area contributed by atoms with E-state index in [4.69, 9.17) is 0 Å². The minimum Gasteiger partial charge on any atom is -0.262 e. The fourth-order valence-electron chi connectivity index (χ4n) is 1.42. The highest BCUT2D eigenvalue weighted by molar-refractivity contribution is 7.86. The number of halogens is 3. The Kier molecular flexibility index (Phi) is 3.83. The maximum Gasteiger partial charge on any atom is 0.416 e. The van der Waals surface area contributed by atoms with E-state index in [1.807, 2.05) is 0 Å². The van der Waals surface area contributed by atoms with Crippen molar-refractivity contribution in [3.63, 3.8) is 0 Å². The molecule has 1 aromatic rings. The van der Waals surface area contributed by atoms with Crippen LogP contribution in [0.1, 0.15) is 24.2 Å². The smallest absolute Gasteiger partial charge is 0.262 e. The quantitative estimate of drug-likeness (QED) is 0.792. The second-order valence-electron chi connectivity index (χ2n) is 3.53. The Bertz CT molecular complexity index is 494. The molecule has 0 saturated heterocycles. The van der Waals surface area contributed by atoms with Crippen molar-refractivity contribution in [3.05, 3.63) is 35.4 Å². The Morgan fingerprint density at radius 1 is 1.24 bits per heavy atom. The van der Waals surface area contributed by atoms with Crippen molar-refractivity contribution in [3.8, 4) is 0 Å². The molecule has 0 fully saturated rings. The molecule has 0 spiro atoms. The largest absolute Gasteiger partial charge is 0.416 e. The first-order valence-electron chi connectivity index (χ1n) is 4.65. The van der Waals surface area contributed by atoms with Crippen LogP contribution in [0, 0.1) is 0 Å². The second kappa shape index (κ2) is 4.66. The van der Waals surface area contributed by atoms with Crippen molar-refractivity contribution in [2.45, 2.75) is 19.2 Å². The van der Waals surface area contributed by atoms with E-state index in [1.165, 1.54) is 25.1 Å². The maximum atomic E-state index is 12.6. The Balaban J connectivity index is 3.14. The average molecular weight is 268 g/mol. The Morgan fingerprint density at radius 3 is 2.24 bits per heavy atom. The molecule has 0 aliphatic heterocycles. The van der Waals surface area contributed by atoms with Gasteiger partial charge in [0.05, 0.1) is 17.9 Å². The van der Waals surface area contributed by atoms with Crippen LogP contribution >= 0.6 is 0 Å². The van der Waals surface area contributed by atoms with Gasteiger partial charge in [0.15, 0.2) is 0 Å². The third kappa shape index (κ3) is 4.01. The van der Waals surface area contributed by atoms with Gasteiger partial charge in [-0.3, -0.25) is 4.18 Å². The third-order valence-electron chi connectivity index (χ3n) is 2.02. The fourth-order valence-corrected chi connectivity index (χ4v) is 2.05. The summed E-state index contributed by atoms with van der Waals surface area (Å²) in [5, 5.41) is 0. The lowest BCUT2D eigenvalue weighted by Crippen LogP contribution is -2.14. The summed E-state index contributed by atoms with van der Waals surface area (Å²) >= 11 is 0. The van der Waals surface area contributed by atoms with Crippen LogP contribution in [0.2, 0.25) is 0 Å². The summed E-state index contributed by atoms with van der Waals surface area (Å²) in [4.78, 5) is 0. The Hall–Kier alpha value is -1.08. The Morgan fingerprint density at radius 2 is 1.76 bits per heavy atom. The number of alkyl halides is 3. The van der Waals surface area contributed by atoms with Gasteiger partial charge in [0, 0.05) is 0 Å². The number of hydrogen-bond donors (Lipinski definition) is 0. The van der Waals surface area contributed by atoms with E-state index in [0.717, 1.165) is 12.3 Å². The van der Waals surface area contributed by atoms with Gasteiger partial charge >= 0.3 is 6.18 Å². The van der Waals surface area contributed by atoms with Crippen LogP contribution in [0.4, 0.5) is 13.2 Å². The van der Waals surface area contributed by atoms with Crippen LogP contribution in [0.25, 0.3) is 0 Å². The minimum absolute atomic E-state index is 0.203. The fraction of sp³-hybridized carbons (Fsp3) is 0.400. The van der Waals surface area contributed by atoms with Crippen LogP contribution in [0.5, 0.6) is 0 Å². The topological polar surface area (TPSA) is 43.4 Å². The van der Waals surface area contributed by atoms with Crippen molar-refractivity contribution in [2.24, 2.45) is 0 Å². The second-order valence-corrected chi connectivity index (χ2v) is 5.13. The molecular formula is C10H11F3O3S. The van der Waals surface area contributed by atoms with Gasteiger partial charge in [0.25, 0.3) is 10.1 Å². The van der Waals surface area contributed by atoms with Crippen LogP contribution in [-0.2, 0) is 20.5 Å². The lowest BCUT2D eigenvalue weighted by molar-refractivity contribution is -0.138. The van der Waals surface area contributed by atoms with E-state index in [9.17, 15) is 21.6 Å². The highest BCUT2D eigenvalue weighted by atomic mass is 32.2. The van der Waals surface area contributed by atoms with Crippen molar-refractivity contribution in [2.75, 3.05) is 6.26 Å². The molecule has 7 heteroatoms. The zero-order valence-electron chi connectivity index (χ0n) is 9.15. The first kappa shape index (κ1) is 14.0. The van der Waals surface area contributed by atoms with Crippen LogP contribution in [0.15, 0.2) is 24.3 Å². The SMILES string of the molecule is C[C@@H](OS(C)(=O)=O)c1ccccc1C(F)(F)F. The van der Waals surface area contributed by atoms with E-state index in [2.05, 4.69) is 4.18 Å². The summed E-state index contributed by atoms with van der Waals surface area (Å²) in [6.45, 7) is 1.26. The lowest BCUT2D eigenvalue weighted by atomic mass is 10.0. The third-order valence-corrected chi connectivity index (χ3v) is 2.66. The van der Waals surface area contributed by atoms with Gasteiger partial charge in [-0.2, -0.15) is 21.6 Å². The monoisotopic (exact) mass is 268 g/mol. The van der Waals surface area contributed by atoms with Gasteiger partial charge in [0.2, 0.25) is 0 Å². The van der Waals surface area contributed by atoms with Gasteiger partial charge in [-0.15, -0.1) is 0 Å². The molecular weight excluding hydrogens is 257 g/mol. The van der Waals surface area contributed by atoms with Crippen molar-refractivity contribution in [1.29, 1.82) is 0 Å². The van der Waals surface area contributed by atoms with E-state index >= 15 is 0 Å². The van der Waals surface area contributed by atoms with Gasteiger partial charge in [-0.05, 0) is 18.6 Å². The predicted molar refractivity (Wildman–Crippen MR) is 55.8 cm³/mol. The lowest BCUT2D eigenvalue weighted by Gasteiger charge is -2.17. The van der Waals surface area contributed by atoms with E-state index in [1.54, 1.807) is 0 Å². The van der Waals surface area contributed by atoms with Gasteiger partial charge in [0.1, 0.15) is 0 Å². The molecule has 0 aliphatic carbocycles. The molecule has 0 unspecified atom stereocenters. The molecule has 0 N–H and O–H groups in total. The molecule has 0 bridgehead atoms. The van der Waals surface area contributed by atoms with E-state index in [0.29, 0.717) is 0 Å².